The third-order valence-electron chi connectivity index (χ3n) is 5.75. The summed E-state index contributed by atoms with van der Waals surface area (Å²) in [6.45, 7) is 11.6. The van der Waals surface area contributed by atoms with Gasteiger partial charge in [-0.1, -0.05) is 13.8 Å². The van der Waals surface area contributed by atoms with Crippen LogP contribution in [0.1, 0.15) is 40.0 Å². The fourth-order valence-corrected chi connectivity index (χ4v) is 3.76. The third kappa shape index (κ3) is 2.59. The van der Waals surface area contributed by atoms with Gasteiger partial charge in [0.05, 0.1) is 0 Å². The SMILES string of the molecule is CC1CCC(CN)(N2CCN(C)C(C)C2)CC1C. The Balaban J connectivity index is 2.08. The molecule has 0 aromatic carbocycles. The minimum absolute atomic E-state index is 0.293. The fraction of sp³-hybridized carbons (Fsp3) is 1.00. The van der Waals surface area contributed by atoms with Crippen LogP contribution in [0, 0.1) is 11.8 Å². The minimum Gasteiger partial charge on any atom is -0.329 e. The Morgan fingerprint density at radius 3 is 2.44 bits per heavy atom. The molecule has 2 N–H and O–H groups in total. The first-order valence-electron chi connectivity index (χ1n) is 7.64. The molecule has 1 saturated carbocycles. The standard InChI is InChI=1S/C15H31N3/c1-12-5-6-15(11-16,9-13(12)2)18-8-7-17(4)14(3)10-18/h12-14H,5-11,16H2,1-4H3. The molecule has 0 spiro atoms. The highest BCUT2D eigenvalue weighted by Crippen LogP contribution is 2.40. The van der Waals surface area contributed by atoms with E-state index in [4.69, 9.17) is 5.73 Å². The molecular weight excluding hydrogens is 222 g/mol. The van der Waals surface area contributed by atoms with Crippen LogP contribution >= 0.6 is 0 Å². The van der Waals surface area contributed by atoms with E-state index in [2.05, 4.69) is 37.6 Å². The largest absolute Gasteiger partial charge is 0.329 e. The Bertz CT molecular complexity index is 281. The zero-order valence-electron chi connectivity index (χ0n) is 12.7. The van der Waals surface area contributed by atoms with Crippen molar-refractivity contribution in [2.45, 2.75) is 51.6 Å². The predicted octanol–water partition coefficient (Wildman–Crippen LogP) is 1.78. The van der Waals surface area contributed by atoms with Gasteiger partial charge in [0.15, 0.2) is 0 Å². The number of nitrogens with two attached hydrogens (primary N) is 1. The number of nitrogens with zero attached hydrogens (tertiary/aromatic N) is 2. The lowest BCUT2D eigenvalue weighted by Crippen LogP contribution is -2.63. The van der Waals surface area contributed by atoms with E-state index < -0.39 is 0 Å². The first-order valence-corrected chi connectivity index (χ1v) is 7.64. The van der Waals surface area contributed by atoms with Crippen LogP contribution in [0.15, 0.2) is 0 Å². The maximum absolute atomic E-state index is 6.20. The Hall–Kier alpha value is -0.120. The van der Waals surface area contributed by atoms with E-state index in [9.17, 15) is 0 Å². The van der Waals surface area contributed by atoms with Crippen molar-refractivity contribution in [3.8, 4) is 0 Å². The molecule has 1 aliphatic heterocycles. The second kappa shape index (κ2) is 5.48. The van der Waals surface area contributed by atoms with Crippen molar-refractivity contribution in [1.82, 2.24) is 9.80 Å². The highest BCUT2D eigenvalue weighted by molar-refractivity contribution is 4.99. The summed E-state index contributed by atoms with van der Waals surface area (Å²) in [6.07, 6.45) is 3.94. The molecular formula is C15H31N3. The predicted molar refractivity (Wildman–Crippen MR) is 77.6 cm³/mol. The average molecular weight is 253 g/mol. The lowest BCUT2D eigenvalue weighted by Gasteiger charge is -2.53. The summed E-state index contributed by atoms with van der Waals surface area (Å²) in [6, 6.07) is 0.664. The van der Waals surface area contributed by atoms with Crippen LogP contribution in [0.3, 0.4) is 0 Å². The Morgan fingerprint density at radius 2 is 1.89 bits per heavy atom. The van der Waals surface area contributed by atoms with E-state index >= 15 is 0 Å². The Morgan fingerprint density at radius 1 is 1.17 bits per heavy atom. The van der Waals surface area contributed by atoms with Gasteiger partial charge in [0.1, 0.15) is 0 Å². The van der Waals surface area contributed by atoms with Crippen molar-refractivity contribution in [2.24, 2.45) is 17.6 Å². The van der Waals surface area contributed by atoms with Gasteiger partial charge < -0.3 is 10.6 Å². The lowest BCUT2D eigenvalue weighted by molar-refractivity contribution is -0.0229. The van der Waals surface area contributed by atoms with Crippen LogP contribution in [0.25, 0.3) is 0 Å². The van der Waals surface area contributed by atoms with E-state index in [-0.39, 0.29) is 0 Å². The summed E-state index contributed by atoms with van der Waals surface area (Å²) in [4.78, 5) is 5.18. The number of piperazine rings is 1. The van der Waals surface area contributed by atoms with Gasteiger partial charge in [-0.05, 0) is 45.1 Å². The second-order valence-electron chi connectivity index (χ2n) is 6.90. The van der Waals surface area contributed by atoms with Crippen LogP contribution in [0.5, 0.6) is 0 Å². The van der Waals surface area contributed by atoms with Gasteiger partial charge in [0.2, 0.25) is 0 Å². The maximum atomic E-state index is 6.20. The molecule has 3 nitrogen and oxygen atoms in total. The normalized spacial score (nSPS) is 44.2. The molecule has 2 rings (SSSR count). The number of hydrogen-bond acceptors (Lipinski definition) is 3. The molecule has 2 aliphatic rings. The van der Waals surface area contributed by atoms with Crippen molar-refractivity contribution < 1.29 is 0 Å². The van der Waals surface area contributed by atoms with Crippen molar-refractivity contribution >= 4 is 0 Å². The number of hydrogen-bond donors (Lipinski definition) is 1. The first-order chi connectivity index (χ1) is 8.48. The second-order valence-corrected chi connectivity index (χ2v) is 6.90. The van der Waals surface area contributed by atoms with Crippen LogP contribution < -0.4 is 5.73 Å². The molecule has 4 unspecified atom stereocenters. The Labute approximate surface area is 113 Å². The summed E-state index contributed by atoms with van der Waals surface area (Å²) in [5.41, 5.74) is 6.49. The summed E-state index contributed by atoms with van der Waals surface area (Å²) < 4.78 is 0. The van der Waals surface area contributed by atoms with Gasteiger partial charge in [-0.3, -0.25) is 4.90 Å². The summed E-state index contributed by atoms with van der Waals surface area (Å²) in [5.74, 6) is 1.69. The van der Waals surface area contributed by atoms with Gasteiger partial charge in [-0.2, -0.15) is 0 Å². The molecule has 1 aliphatic carbocycles. The quantitative estimate of drug-likeness (QED) is 0.814. The molecule has 0 radical (unpaired) electrons. The lowest BCUT2D eigenvalue weighted by atomic mass is 9.70. The van der Waals surface area contributed by atoms with Crippen LogP contribution in [0.4, 0.5) is 0 Å². The Kier molecular flexibility index (Phi) is 4.35. The highest BCUT2D eigenvalue weighted by Gasteiger charge is 2.42. The van der Waals surface area contributed by atoms with Crippen molar-refractivity contribution in [2.75, 3.05) is 33.2 Å². The monoisotopic (exact) mass is 253 g/mol. The van der Waals surface area contributed by atoms with Gasteiger partial charge in [-0.15, -0.1) is 0 Å². The first kappa shape index (κ1) is 14.3. The molecule has 0 aromatic heterocycles. The molecule has 1 saturated heterocycles. The van der Waals surface area contributed by atoms with E-state index in [1.807, 2.05) is 0 Å². The molecule has 18 heavy (non-hydrogen) atoms. The molecule has 106 valence electrons. The van der Waals surface area contributed by atoms with E-state index in [0.717, 1.165) is 18.4 Å². The molecule has 0 aromatic rings. The van der Waals surface area contributed by atoms with E-state index in [1.54, 1.807) is 0 Å². The van der Waals surface area contributed by atoms with Crippen molar-refractivity contribution in [1.29, 1.82) is 0 Å². The highest BCUT2D eigenvalue weighted by atomic mass is 15.3. The number of rotatable bonds is 2. The number of likely N-dealkylation sites (N-methyl/N-ethyl adjacent to an activating group) is 1. The summed E-state index contributed by atoms with van der Waals surface area (Å²) in [5, 5.41) is 0. The molecule has 2 fully saturated rings. The van der Waals surface area contributed by atoms with Crippen LogP contribution in [-0.4, -0.2) is 54.6 Å². The van der Waals surface area contributed by atoms with Gasteiger partial charge in [0.25, 0.3) is 0 Å². The van der Waals surface area contributed by atoms with Crippen molar-refractivity contribution in [3.05, 3.63) is 0 Å². The molecule has 4 atom stereocenters. The van der Waals surface area contributed by atoms with Gasteiger partial charge in [0, 0.05) is 37.8 Å². The van der Waals surface area contributed by atoms with Gasteiger partial charge in [-0.25, -0.2) is 0 Å². The summed E-state index contributed by atoms with van der Waals surface area (Å²) in [7, 11) is 2.24. The zero-order valence-corrected chi connectivity index (χ0v) is 12.7. The molecule has 3 heteroatoms. The smallest absolute Gasteiger partial charge is 0.0335 e. The maximum Gasteiger partial charge on any atom is 0.0335 e. The molecule has 1 heterocycles. The fourth-order valence-electron chi connectivity index (χ4n) is 3.76. The zero-order chi connectivity index (χ0) is 13.3. The van der Waals surface area contributed by atoms with Crippen molar-refractivity contribution in [3.63, 3.8) is 0 Å². The van der Waals surface area contributed by atoms with E-state index in [1.165, 1.54) is 38.9 Å². The average Bonchev–Trinajstić information content (AvgIpc) is 2.36. The van der Waals surface area contributed by atoms with Gasteiger partial charge >= 0.3 is 0 Å². The third-order valence-corrected chi connectivity index (χ3v) is 5.75. The van der Waals surface area contributed by atoms with E-state index in [0.29, 0.717) is 11.6 Å². The molecule has 0 bridgehead atoms. The minimum atomic E-state index is 0.293. The topological polar surface area (TPSA) is 32.5 Å². The summed E-state index contributed by atoms with van der Waals surface area (Å²) >= 11 is 0. The van der Waals surface area contributed by atoms with Crippen LogP contribution in [0.2, 0.25) is 0 Å². The molecule has 0 amide bonds. The van der Waals surface area contributed by atoms with Crippen LogP contribution in [-0.2, 0) is 0 Å².